The van der Waals surface area contributed by atoms with Gasteiger partial charge in [0.05, 0.1) is 29.1 Å². The number of sulfone groups is 1. The summed E-state index contributed by atoms with van der Waals surface area (Å²) in [5.74, 6) is 0.954. The van der Waals surface area contributed by atoms with Gasteiger partial charge in [-0.05, 0) is 6.42 Å². The molecule has 0 aliphatic carbocycles. The van der Waals surface area contributed by atoms with Gasteiger partial charge in [-0.25, -0.2) is 13.4 Å². The predicted octanol–water partition coefficient (Wildman–Crippen LogP) is 2.06. The van der Waals surface area contributed by atoms with E-state index in [1.54, 1.807) is 11.3 Å². The average Bonchev–Trinajstić information content (AvgIpc) is 2.81. The van der Waals surface area contributed by atoms with Crippen molar-refractivity contribution >= 4 is 32.8 Å². The highest BCUT2D eigenvalue weighted by atomic mass is 35.5. The molecule has 0 aromatic carbocycles. The molecular formula is C11H17ClN2O2S2. The highest BCUT2D eigenvalue weighted by Crippen LogP contribution is 2.28. The lowest BCUT2D eigenvalue weighted by Crippen LogP contribution is -2.42. The van der Waals surface area contributed by atoms with Crippen LogP contribution in [0.15, 0.2) is 5.38 Å². The first kappa shape index (κ1) is 14.2. The molecule has 1 aromatic heterocycles. The molecule has 0 bridgehead atoms. The van der Waals surface area contributed by atoms with Crippen LogP contribution in [0.4, 0.5) is 0 Å². The first-order valence-corrected chi connectivity index (χ1v) is 9.24. The first-order valence-electron chi connectivity index (χ1n) is 6.00. The number of thiazole rings is 1. The number of hydrogen-bond acceptors (Lipinski definition) is 5. The molecule has 7 heteroatoms. The van der Waals surface area contributed by atoms with E-state index in [-0.39, 0.29) is 17.5 Å². The molecule has 0 radical (unpaired) electrons. The second-order valence-electron chi connectivity index (χ2n) is 4.42. The summed E-state index contributed by atoms with van der Waals surface area (Å²) in [7, 11) is -2.82. The van der Waals surface area contributed by atoms with Gasteiger partial charge in [-0.1, -0.05) is 6.92 Å². The number of aromatic nitrogens is 1. The van der Waals surface area contributed by atoms with Crippen LogP contribution in [-0.2, 0) is 15.7 Å². The van der Waals surface area contributed by atoms with Gasteiger partial charge in [-0.3, -0.25) is 4.90 Å². The van der Waals surface area contributed by atoms with E-state index in [2.05, 4.69) is 16.8 Å². The van der Waals surface area contributed by atoms with Crippen LogP contribution in [0.25, 0.3) is 0 Å². The Bertz CT molecular complexity index is 487. The van der Waals surface area contributed by atoms with Crippen molar-refractivity contribution < 1.29 is 8.42 Å². The smallest absolute Gasteiger partial charge is 0.152 e. The normalized spacial score (nSPS) is 21.9. The van der Waals surface area contributed by atoms with Crippen LogP contribution in [0.2, 0.25) is 0 Å². The summed E-state index contributed by atoms with van der Waals surface area (Å²) in [6, 6.07) is 0.225. The second kappa shape index (κ2) is 5.86. The zero-order valence-electron chi connectivity index (χ0n) is 10.3. The van der Waals surface area contributed by atoms with Crippen molar-refractivity contribution in [3.05, 3.63) is 16.1 Å². The van der Waals surface area contributed by atoms with E-state index >= 15 is 0 Å². The van der Waals surface area contributed by atoms with Crippen molar-refractivity contribution in [1.82, 2.24) is 9.88 Å². The number of alkyl halides is 1. The summed E-state index contributed by atoms with van der Waals surface area (Å²) >= 11 is 7.38. The Morgan fingerprint density at radius 2 is 2.17 bits per heavy atom. The SMILES string of the molecule is CCC(c1nc(CCl)cs1)N1CCS(=O)(=O)CC1. The molecule has 1 aliphatic heterocycles. The number of rotatable bonds is 4. The molecule has 0 saturated carbocycles. The summed E-state index contributed by atoms with van der Waals surface area (Å²) in [6.07, 6.45) is 0.940. The van der Waals surface area contributed by atoms with E-state index in [1.165, 1.54) is 0 Å². The lowest BCUT2D eigenvalue weighted by Gasteiger charge is -2.32. The molecule has 1 fully saturated rings. The fourth-order valence-corrected chi connectivity index (χ4v) is 4.66. The van der Waals surface area contributed by atoms with Crippen molar-refractivity contribution in [2.45, 2.75) is 25.3 Å². The summed E-state index contributed by atoms with van der Waals surface area (Å²) in [6.45, 7) is 3.32. The maximum Gasteiger partial charge on any atom is 0.152 e. The van der Waals surface area contributed by atoms with Gasteiger partial charge in [0.25, 0.3) is 0 Å². The van der Waals surface area contributed by atoms with Crippen LogP contribution in [0, 0.1) is 0 Å². The van der Waals surface area contributed by atoms with Gasteiger partial charge in [0.1, 0.15) is 5.01 Å². The molecule has 1 aliphatic rings. The van der Waals surface area contributed by atoms with Crippen LogP contribution in [-0.4, -0.2) is 42.9 Å². The van der Waals surface area contributed by atoms with Crippen molar-refractivity contribution in [3.8, 4) is 0 Å². The topological polar surface area (TPSA) is 50.3 Å². The lowest BCUT2D eigenvalue weighted by atomic mass is 10.2. The van der Waals surface area contributed by atoms with Crippen molar-refractivity contribution in [3.63, 3.8) is 0 Å². The Hall–Kier alpha value is -0.170. The van der Waals surface area contributed by atoms with Gasteiger partial charge in [0.2, 0.25) is 0 Å². The number of halogens is 1. The molecule has 1 saturated heterocycles. The van der Waals surface area contributed by atoms with Gasteiger partial charge in [0, 0.05) is 18.5 Å². The van der Waals surface area contributed by atoms with E-state index in [0.717, 1.165) is 17.1 Å². The highest BCUT2D eigenvalue weighted by Gasteiger charge is 2.28. The van der Waals surface area contributed by atoms with Crippen LogP contribution >= 0.6 is 22.9 Å². The third-order valence-electron chi connectivity index (χ3n) is 3.20. The van der Waals surface area contributed by atoms with E-state index in [0.29, 0.717) is 19.0 Å². The summed E-state index contributed by atoms with van der Waals surface area (Å²) < 4.78 is 22.9. The third-order valence-corrected chi connectivity index (χ3v) is 6.08. The van der Waals surface area contributed by atoms with Gasteiger partial charge >= 0.3 is 0 Å². The minimum atomic E-state index is -2.82. The second-order valence-corrected chi connectivity index (χ2v) is 7.88. The monoisotopic (exact) mass is 308 g/mol. The molecule has 0 spiro atoms. The van der Waals surface area contributed by atoms with Gasteiger partial charge in [0.15, 0.2) is 9.84 Å². The summed E-state index contributed by atoms with van der Waals surface area (Å²) in [5, 5.41) is 3.03. The fourth-order valence-electron chi connectivity index (χ4n) is 2.16. The van der Waals surface area contributed by atoms with Crippen molar-refractivity contribution in [2.75, 3.05) is 24.6 Å². The maximum absolute atomic E-state index is 11.4. The Balaban J connectivity index is 2.09. The molecule has 102 valence electrons. The first-order chi connectivity index (χ1) is 8.55. The Morgan fingerprint density at radius 3 is 2.67 bits per heavy atom. The number of hydrogen-bond donors (Lipinski definition) is 0. The van der Waals surface area contributed by atoms with Crippen LogP contribution in [0.1, 0.15) is 30.1 Å². The molecule has 1 atom stereocenters. The number of nitrogens with zero attached hydrogens (tertiary/aromatic N) is 2. The zero-order chi connectivity index (χ0) is 13.2. The molecule has 0 amide bonds. The quantitative estimate of drug-likeness (QED) is 0.799. The minimum Gasteiger partial charge on any atom is -0.292 e. The fraction of sp³-hybridized carbons (Fsp3) is 0.727. The molecule has 1 aromatic rings. The van der Waals surface area contributed by atoms with Crippen LogP contribution in [0.5, 0.6) is 0 Å². The van der Waals surface area contributed by atoms with Gasteiger partial charge in [-0.15, -0.1) is 22.9 Å². The lowest BCUT2D eigenvalue weighted by molar-refractivity contribution is 0.208. The maximum atomic E-state index is 11.4. The third kappa shape index (κ3) is 3.23. The van der Waals surface area contributed by atoms with E-state index < -0.39 is 9.84 Å². The predicted molar refractivity (Wildman–Crippen MR) is 74.9 cm³/mol. The molecule has 0 N–H and O–H groups in total. The average molecular weight is 309 g/mol. The Kier molecular flexibility index (Phi) is 4.64. The largest absolute Gasteiger partial charge is 0.292 e. The van der Waals surface area contributed by atoms with Crippen LogP contribution < -0.4 is 0 Å². The summed E-state index contributed by atoms with van der Waals surface area (Å²) in [5.41, 5.74) is 0.903. The molecule has 18 heavy (non-hydrogen) atoms. The molecule has 2 heterocycles. The van der Waals surface area contributed by atoms with Gasteiger partial charge < -0.3 is 0 Å². The Labute approximate surface area is 117 Å². The highest BCUT2D eigenvalue weighted by molar-refractivity contribution is 7.91. The molecular weight excluding hydrogens is 292 g/mol. The standard InChI is InChI=1S/C11H17ClN2O2S2/c1-2-10(11-13-9(7-12)8-17-11)14-3-5-18(15,16)6-4-14/h8,10H,2-7H2,1H3. The van der Waals surface area contributed by atoms with E-state index in [9.17, 15) is 8.42 Å². The minimum absolute atomic E-state index is 0.225. The van der Waals surface area contributed by atoms with Gasteiger partial charge in [-0.2, -0.15) is 0 Å². The molecule has 2 rings (SSSR count). The van der Waals surface area contributed by atoms with Crippen LogP contribution in [0.3, 0.4) is 0 Å². The van der Waals surface area contributed by atoms with E-state index in [4.69, 9.17) is 11.6 Å². The van der Waals surface area contributed by atoms with Crippen molar-refractivity contribution in [2.24, 2.45) is 0 Å². The molecule has 1 unspecified atom stereocenters. The van der Waals surface area contributed by atoms with Crippen molar-refractivity contribution in [1.29, 1.82) is 0 Å². The van der Waals surface area contributed by atoms with E-state index in [1.807, 2.05) is 5.38 Å². The summed E-state index contributed by atoms with van der Waals surface area (Å²) in [4.78, 5) is 6.73. The zero-order valence-corrected chi connectivity index (χ0v) is 12.7. The Morgan fingerprint density at radius 1 is 1.50 bits per heavy atom. The molecule has 4 nitrogen and oxygen atoms in total.